The van der Waals surface area contributed by atoms with E-state index in [1.54, 1.807) is 36.7 Å². The summed E-state index contributed by atoms with van der Waals surface area (Å²) >= 11 is 0. The van der Waals surface area contributed by atoms with Crippen LogP contribution >= 0.6 is 0 Å². The molecule has 2 atom stereocenters. The number of aromatic amines is 2. The Morgan fingerprint density at radius 2 is 1.03 bits per heavy atom. The summed E-state index contributed by atoms with van der Waals surface area (Å²) in [4.78, 5) is 56.6. The molecule has 15 heteroatoms. The Labute approximate surface area is 339 Å². The van der Waals surface area contributed by atoms with Gasteiger partial charge in [-0.05, 0) is 56.2 Å². The van der Waals surface area contributed by atoms with Gasteiger partial charge >= 0.3 is 11.3 Å². The maximum atomic E-state index is 14.0. The molecule has 0 aliphatic rings. The van der Waals surface area contributed by atoms with E-state index in [0.29, 0.717) is 72.8 Å². The van der Waals surface area contributed by atoms with Gasteiger partial charge in [0.1, 0.15) is 41.0 Å². The summed E-state index contributed by atoms with van der Waals surface area (Å²) in [6.07, 6.45) is 5.96. The number of aromatic nitrogens is 8. The number of fused-ring (bicyclic) bond motifs is 4. The monoisotopic (exact) mass is 798 g/mol. The number of halogens is 1. The summed E-state index contributed by atoms with van der Waals surface area (Å²) < 4.78 is 25.6. The topological polar surface area (TPSA) is 193 Å². The molecule has 0 amide bonds. The zero-order valence-corrected chi connectivity index (χ0v) is 32.4. The summed E-state index contributed by atoms with van der Waals surface area (Å²) in [5, 5.41) is 9.15. The van der Waals surface area contributed by atoms with Gasteiger partial charge in [0.15, 0.2) is 22.9 Å². The summed E-state index contributed by atoms with van der Waals surface area (Å²) in [7, 11) is 0. The molecule has 4 aromatic carbocycles. The first-order chi connectivity index (χ1) is 29.2. The van der Waals surface area contributed by atoms with E-state index in [-0.39, 0.29) is 17.5 Å². The SMILES string of the molecule is CC(Nc1ncnc2nc[nH]c12)c1oc(=O)c2ccccc2c1-c1cccc(F)c1.Cc1cccc(-c2c(C(C)Nc3ncnc4nc[nH]c34)oc(=O)c3ccccc23)c1. The quantitative estimate of drug-likeness (QED) is 0.114. The number of nitrogens with zero attached hydrogens (tertiary/aromatic N) is 6. The van der Waals surface area contributed by atoms with E-state index in [4.69, 9.17) is 8.83 Å². The van der Waals surface area contributed by atoms with Gasteiger partial charge in [-0.3, -0.25) is 0 Å². The molecule has 0 saturated carbocycles. The van der Waals surface area contributed by atoms with Crippen molar-refractivity contribution in [2.75, 3.05) is 10.6 Å². The first-order valence-corrected chi connectivity index (χ1v) is 19.0. The van der Waals surface area contributed by atoms with Crippen molar-refractivity contribution in [2.24, 2.45) is 0 Å². The van der Waals surface area contributed by atoms with Crippen LogP contribution < -0.4 is 21.9 Å². The molecule has 60 heavy (non-hydrogen) atoms. The van der Waals surface area contributed by atoms with E-state index in [2.05, 4.69) is 56.6 Å². The molecule has 4 N–H and O–H groups in total. The van der Waals surface area contributed by atoms with Crippen molar-refractivity contribution in [3.63, 3.8) is 0 Å². The largest absolute Gasteiger partial charge is 0.425 e. The number of hydrogen-bond donors (Lipinski definition) is 4. The number of aryl methyl sites for hydroxylation is 1. The number of anilines is 2. The Kier molecular flexibility index (Phi) is 9.81. The van der Waals surface area contributed by atoms with Gasteiger partial charge in [-0.2, -0.15) is 0 Å². The van der Waals surface area contributed by atoms with Gasteiger partial charge < -0.3 is 29.4 Å². The molecule has 296 valence electrons. The van der Waals surface area contributed by atoms with Crippen LogP contribution in [0.2, 0.25) is 0 Å². The predicted octanol–water partition coefficient (Wildman–Crippen LogP) is 9.05. The molecule has 0 bridgehead atoms. The van der Waals surface area contributed by atoms with E-state index in [1.165, 1.54) is 31.1 Å². The van der Waals surface area contributed by atoms with Crippen molar-refractivity contribution < 1.29 is 13.2 Å². The standard InChI is InChI=1S/C23H19N5O2.C22H16FN5O2/c1-13-6-5-7-15(10-13)18-16-8-3-4-9-17(16)23(29)30-20(18)14(2)28-22-19-21(25-11-24-19)26-12-27-22;1-12(28-21-18-20(25-10-24-18)26-11-27-21)19-17(13-5-4-6-14(23)9-13)15-7-2-3-8-16(15)22(29)30-19/h3-12,14H,1-2H3,(H2,24,25,26,27,28);2-12H,1H3,(H2,24,25,26,27,28). The van der Waals surface area contributed by atoms with Gasteiger partial charge in [0, 0.05) is 21.9 Å². The van der Waals surface area contributed by atoms with E-state index in [9.17, 15) is 14.0 Å². The van der Waals surface area contributed by atoms with Gasteiger partial charge in [0.2, 0.25) is 0 Å². The second-order valence-electron chi connectivity index (χ2n) is 14.1. The lowest BCUT2D eigenvalue weighted by Crippen LogP contribution is -2.14. The van der Waals surface area contributed by atoms with Crippen LogP contribution in [0.5, 0.6) is 0 Å². The highest BCUT2D eigenvalue weighted by atomic mass is 19.1. The van der Waals surface area contributed by atoms with Crippen molar-refractivity contribution in [1.82, 2.24) is 39.9 Å². The van der Waals surface area contributed by atoms with Crippen LogP contribution in [-0.2, 0) is 0 Å². The highest BCUT2D eigenvalue weighted by Crippen LogP contribution is 2.37. The minimum Gasteiger partial charge on any atom is -0.425 e. The van der Waals surface area contributed by atoms with Crippen LogP contribution in [0.15, 0.2) is 141 Å². The maximum Gasteiger partial charge on any atom is 0.343 e. The average molecular weight is 799 g/mol. The highest BCUT2D eigenvalue weighted by molar-refractivity contribution is 5.98. The van der Waals surface area contributed by atoms with Crippen LogP contribution in [0.25, 0.3) is 66.1 Å². The molecular weight excluding hydrogens is 764 g/mol. The van der Waals surface area contributed by atoms with Crippen molar-refractivity contribution in [2.45, 2.75) is 32.9 Å². The van der Waals surface area contributed by atoms with Crippen molar-refractivity contribution >= 4 is 55.5 Å². The molecule has 10 aromatic rings. The molecule has 6 heterocycles. The van der Waals surface area contributed by atoms with Crippen LogP contribution in [0, 0.1) is 12.7 Å². The average Bonchev–Trinajstić information content (AvgIpc) is 3.96. The molecule has 2 unspecified atom stereocenters. The number of benzene rings is 4. The van der Waals surface area contributed by atoms with E-state index in [1.807, 2.05) is 69.3 Å². The Morgan fingerprint density at radius 1 is 0.567 bits per heavy atom. The van der Waals surface area contributed by atoms with Gasteiger partial charge in [0.05, 0.1) is 35.5 Å². The molecular formula is C45H35FN10O4. The van der Waals surface area contributed by atoms with Gasteiger partial charge in [-0.25, -0.2) is 43.9 Å². The molecule has 10 rings (SSSR count). The number of nitrogens with one attached hydrogen (secondary N) is 4. The lowest BCUT2D eigenvalue weighted by molar-refractivity contribution is 0.452. The van der Waals surface area contributed by atoms with Crippen molar-refractivity contribution in [3.8, 4) is 22.3 Å². The second kappa shape index (κ2) is 15.7. The summed E-state index contributed by atoms with van der Waals surface area (Å²) in [6.45, 7) is 5.83. The Hall–Kier alpha value is -8.07. The Morgan fingerprint density at radius 3 is 1.52 bits per heavy atom. The van der Waals surface area contributed by atoms with Crippen LogP contribution in [0.1, 0.15) is 43.0 Å². The fraction of sp³-hybridized carbons (Fsp3) is 0.111. The first kappa shape index (κ1) is 37.5. The summed E-state index contributed by atoms with van der Waals surface area (Å²) in [6, 6.07) is 28.3. The first-order valence-electron chi connectivity index (χ1n) is 19.0. The number of hydrogen-bond acceptors (Lipinski definition) is 12. The van der Waals surface area contributed by atoms with Crippen LogP contribution in [0.4, 0.5) is 16.0 Å². The third-order valence-electron chi connectivity index (χ3n) is 10.1. The Bertz CT molecular complexity index is 3100. The van der Waals surface area contributed by atoms with Gasteiger partial charge in [-0.15, -0.1) is 0 Å². The zero-order valence-electron chi connectivity index (χ0n) is 32.4. The summed E-state index contributed by atoms with van der Waals surface area (Å²) in [5.41, 5.74) is 5.89. The van der Waals surface area contributed by atoms with Gasteiger partial charge in [0.25, 0.3) is 0 Å². The van der Waals surface area contributed by atoms with Gasteiger partial charge in [-0.1, -0.05) is 78.4 Å². The lowest BCUT2D eigenvalue weighted by Gasteiger charge is -2.19. The van der Waals surface area contributed by atoms with E-state index in [0.717, 1.165) is 22.1 Å². The van der Waals surface area contributed by atoms with Crippen LogP contribution in [0.3, 0.4) is 0 Å². The number of imidazole rings is 2. The zero-order chi connectivity index (χ0) is 41.3. The Balaban J connectivity index is 0.000000154. The third-order valence-corrected chi connectivity index (χ3v) is 10.1. The van der Waals surface area contributed by atoms with E-state index >= 15 is 0 Å². The maximum absolute atomic E-state index is 14.0. The predicted molar refractivity (Wildman–Crippen MR) is 228 cm³/mol. The smallest absolute Gasteiger partial charge is 0.343 e. The van der Waals surface area contributed by atoms with Crippen molar-refractivity contribution in [3.05, 3.63) is 166 Å². The number of H-pyrrole nitrogens is 2. The minimum absolute atomic E-state index is 0.334. The molecule has 0 aliphatic heterocycles. The molecule has 0 spiro atoms. The lowest BCUT2D eigenvalue weighted by atomic mass is 9.95. The fourth-order valence-electron chi connectivity index (χ4n) is 7.38. The molecule has 0 fully saturated rings. The number of rotatable bonds is 8. The molecule has 0 aliphatic carbocycles. The molecule has 14 nitrogen and oxygen atoms in total. The van der Waals surface area contributed by atoms with Crippen LogP contribution in [-0.4, -0.2) is 39.9 Å². The molecule has 0 saturated heterocycles. The normalized spacial score (nSPS) is 12.3. The fourth-order valence-corrected chi connectivity index (χ4v) is 7.38. The second-order valence-corrected chi connectivity index (χ2v) is 14.1. The van der Waals surface area contributed by atoms with Crippen molar-refractivity contribution in [1.29, 1.82) is 0 Å². The highest BCUT2D eigenvalue weighted by Gasteiger charge is 2.23. The molecule has 0 radical (unpaired) electrons. The minimum atomic E-state index is -0.457. The van der Waals surface area contributed by atoms with E-state index < -0.39 is 11.7 Å². The molecule has 6 aromatic heterocycles. The third kappa shape index (κ3) is 7.08. The summed E-state index contributed by atoms with van der Waals surface area (Å²) in [5.74, 6) is 1.68.